The third-order valence-electron chi connectivity index (χ3n) is 5.73. The summed E-state index contributed by atoms with van der Waals surface area (Å²) >= 11 is 0. The zero-order chi connectivity index (χ0) is 22.4. The van der Waals surface area contributed by atoms with Crippen molar-refractivity contribution in [2.45, 2.75) is 63.7 Å². The number of benzene rings is 2. The van der Waals surface area contributed by atoms with Gasteiger partial charge in [0, 0.05) is 6.08 Å². The predicted molar refractivity (Wildman–Crippen MR) is 126 cm³/mol. The van der Waals surface area contributed by atoms with E-state index in [4.69, 9.17) is 4.74 Å². The van der Waals surface area contributed by atoms with E-state index < -0.39 is 11.4 Å². The fourth-order valence-corrected chi connectivity index (χ4v) is 4.08. The molecule has 0 N–H and O–H groups in total. The van der Waals surface area contributed by atoms with E-state index in [-0.39, 0.29) is 0 Å². The molecule has 2 aromatic carbocycles. The van der Waals surface area contributed by atoms with Crippen LogP contribution in [0.15, 0.2) is 85.2 Å². The number of esters is 1. The largest absolute Gasteiger partial charge is 0.430 e. The summed E-state index contributed by atoms with van der Waals surface area (Å²) < 4.78 is 5.22. The number of carbonyl (C=O) groups excluding carboxylic acids is 1. The van der Waals surface area contributed by atoms with Crippen molar-refractivity contribution in [3.05, 3.63) is 96.3 Å². The molecular formula is C28H33NO2. The molecule has 2 aromatic rings. The summed E-state index contributed by atoms with van der Waals surface area (Å²) in [5.74, 6) is -0.571. The van der Waals surface area contributed by atoms with E-state index in [9.17, 15) is 10.1 Å². The van der Waals surface area contributed by atoms with Crippen LogP contribution < -0.4 is 0 Å². The number of nitriles is 1. The van der Waals surface area contributed by atoms with Gasteiger partial charge in [0.05, 0.1) is 17.1 Å². The summed E-state index contributed by atoms with van der Waals surface area (Å²) in [7, 11) is 0. The number of carbonyl (C=O) groups is 1. The van der Waals surface area contributed by atoms with Crippen molar-refractivity contribution in [1.82, 2.24) is 0 Å². The molecule has 0 aliphatic heterocycles. The molecule has 0 amide bonds. The van der Waals surface area contributed by atoms with Crippen LogP contribution in [0.1, 0.15) is 69.4 Å². The van der Waals surface area contributed by atoms with Gasteiger partial charge < -0.3 is 4.74 Å². The molecule has 0 bridgehead atoms. The summed E-state index contributed by atoms with van der Waals surface area (Å²) in [4.78, 5) is 11.7. The Labute approximate surface area is 187 Å². The Balaban J connectivity index is 2.43. The van der Waals surface area contributed by atoms with Crippen molar-refractivity contribution in [2.75, 3.05) is 0 Å². The molecule has 0 aromatic heterocycles. The van der Waals surface area contributed by atoms with Gasteiger partial charge in [0.1, 0.15) is 6.26 Å². The first kappa shape index (κ1) is 24.2. The SMILES string of the molecule is C=CC(=O)OC=C(C#N)C(CCCCCCCCC)(c1ccccc1)c1ccccc1. The lowest BCUT2D eigenvalue weighted by atomic mass is 9.66. The van der Waals surface area contributed by atoms with E-state index in [0.29, 0.717) is 5.57 Å². The molecule has 0 aliphatic rings. The molecule has 0 spiro atoms. The van der Waals surface area contributed by atoms with E-state index in [2.05, 4.69) is 43.8 Å². The van der Waals surface area contributed by atoms with E-state index in [1.807, 2.05) is 36.4 Å². The van der Waals surface area contributed by atoms with Crippen LogP contribution >= 0.6 is 0 Å². The Morgan fingerprint density at radius 3 is 1.94 bits per heavy atom. The number of nitrogens with zero attached hydrogens (tertiary/aromatic N) is 1. The van der Waals surface area contributed by atoms with E-state index in [1.165, 1.54) is 38.4 Å². The summed E-state index contributed by atoms with van der Waals surface area (Å²) in [5.41, 5.74) is 1.79. The lowest BCUT2D eigenvalue weighted by molar-refractivity contribution is -0.132. The second-order valence-corrected chi connectivity index (χ2v) is 7.79. The zero-order valence-corrected chi connectivity index (χ0v) is 18.6. The van der Waals surface area contributed by atoms with Gasteiger partial charge in [-0.3, -0.25) is 0 Å². The molecule has 31 heavy (non-hydrogen) atoms. The van der Waals surface area contributed by atoms with Gasteiger partial charge in [-0.15, -0.1) is 0 Å². The van der Waals surface area contributed by atoms with Gasteiger partial charge in [-0.2, -0.15) is 5.26 Å². The van der Waals surface area contributed by atoms with Gasteiger partial charge in [0.15, 0.2) is 0 Å². The van der Waals surface area contributed by atoms with Crippen LogP contribution in [0, 0.1) is 11.3 Å². The average molecular weight is 416 g/mol. The fraction of sp³-hybridized carbons (Fsp3) is 0.357. The van der Waals surface area contributed by atoms with Crippen molar-refractivity contribution < 1.29 is 9.53 Å². The van der Waals surface area contributed by atoms with Crippen LogP contribution in [0.3, 0.4) is 0 Å². The molecule has 0 unspecified atom stereocenters. The molecule has 3 nitrogen and oxygen atoms in total. The lowest BCUT2D eigenvalue weighted by Crippen LogP contribution is -2.30. The van der Waals surface area contributed by atoms with Crippen LogP contribution in [0.4, 0.5) is 0 Å². The maximum absolute atomic E-state index is 11.7. The molecular weight excluding hydrogens is 382 g/mol. The Kier molecular flexibility index (Phi) is 10.3. The molecule has 0 radical (unpaired) electrons. The Hall–Kier alpha value is -3.12. The van der Waals surface area contributed by atoms with Crippen molar-refractivity contribution in [2.24, 2.45) is 0 Å². The molecule has 2 rings (SSSR count). The molecule has 3 heteroatoms. The normalized spacial score (nSPS) is 11.5. The van der Waals surface area contributed by atoms with Gasteiger partial charge >= 0.3 is 5.97 Å². The Morgan fingerprint density at radius 2 is 1.45 bits per heavy atom. The average Bonchev–Trinajstić information content (AvgIpc) is 2.83. The quantitative estimate of drug-likeness (QED) is 0.114. The number of ether oxygens (including phenoxy) is 1. The van der Waals surface area contributed by atoms with Gasteiger partial charge in [-0.1, -0.05) is 119 Å². The molecule has 0 saturated carbocycles. The fourth-order valence-electron chi connectivity index (χ4n) is 4.08. The van der Waals surface area contributed by atoms with Gasteiger partial charge in [-0.25, -0.2) is 4.79 Å². The Bertz CT molecular complexity index is 839. The summed E-state index contributed by atoms with van der Waals surface area (Å²) in [6.07, 6.45) is 11.5. The van der Waals surface area contributed by atoms with Crippen LogP contribution in [-0.2, 0) is 14.9 Å². The molecule has 0 saturated heterocycles. The maximum atomic E-state index is 11.7. The third-order valence-corrected chi connectivity index (χ3v) is 5.73. The number of hydrogen-bond donors (Lipinski definition) is 0. The highest BCUT2D eigenvalue weighted by Gasteiger charge is 2.38. The minimum Gasteiger partial charge on any atom is -0.430 e. The number of unbranched alkanes of at least 4 members (excludes halogenated alkanes) is 6. The van der Waals surface area contributed by atoms with Crippen molar-refractivity contribution >= 4 is 5.97 Å². The minimum atomic E-state index is -0.678. The number of hydrogen-bond acceptors (Lipinski definition) is 3. The van der Waals surface area contributed by atoms with Gasteiger partial charge in [0.2, 0.25) is 0 Å². The molecule has 0 heterocycles. The second kappa shape index (κ2) is 13.2. The van der Waals surface area contributed by atoms with Gasteiger partial charge in [-0.05, 0) is 17.5 Å². The van der Waals surface area contributed by atoms with Crippen LogP contribution in [0.5, 0.6) is 0 Å². The lowest BCUT2D eigenvalue weighted by Gasteiger charge is -2.35. The first-order valence-electron chi connectivity index (χ1n) is 11.2. The molecule has 0 fully saturated rings. The Morgan fingerprint density at radius 1 is 0.935 bits per heavy atom. The van der Waals surface area contributed by atoms with Crippen molar-refractivity contribution in [3.63, 3.8) is 0 Å². The van der Waals surface area contributed by atoms with Crippen LogP contribution in [0.25, 0.3) is 0 Å². The highest BCUT2D eigenvalue weighted by Crippen LogP contribution is 2.43. The summed E-state index contributed by atoms with van der Waals surface area (Å²) in [6.45, 7) is 5.67. The van der Waals surface area contributed by atoms with Crippen molar-refractivity contribution in [1.29, 1.82) is 5.26 Å². The first-order valence-corrected chi connectivity index (χ1v) is 11.2. The molecule has 0 aliphatic carbocycles. The first-order chi connectivity index (χ1) is 15.2. The topological polar surface area (TPSA) is 50.1 Å². The minimum absolute atomic E-state index is 0.422. The van der Waals surface area contributed by atoms with Crippen molar-refractivity contribution in [3.8, 4) is 6.07 Å². The van der Waals surface area contributed by atoms with E-state index in [0.717, 1.165) is 36.5 Å². The van der Waals surface area contributed by atoms with E-state index in [1.54, 1.807) is 0 Å². The predicted octanol–water partition coefficient (Wildman–Crippen LogP) is 7.25. The summed E-state index contributed by atoms with van der Waals surface area (Å²) in [6, 6.07) is 22.4. The maximum Gasteiger partial charge on any atom is 0.334 e. The zero-order valence-electron chi connectivity index (χ0n) is 18.6. The van der Waals surface area contributed by atoms with E-state index >= 15 is 0 Å². The number of rotatable bonds is 13. The third kappa shape index (κ3) is 6.69. The standard InChI is InChI=1S/C28H33NO2/c1-3-5-6-7-8-9-16-21-28(24-17-12-10-13-18-24,25-19-14-11-15-20-25)26(22-29)23-31-27(30)4-2/h4,10-15,17-20,23H,2-3,5-9,16,21H2,1H3. The number of allylic oxidation sites excluding steroid dienone is 1. The van der Waals surface area contributed by atoms with Crippen LogP contribution in [-0.4, -0.2) is 5.97 Å². The highest BCUT2D eigenvalue weighted by atomic mass is 16.5. The molecule has 0 atom stereocenters. The molecule has 162 valence electrons. The van der Waals surface area contributed by atoms with Gasteiger partial charge in [0.25, 0.3) is 0 Å². The van der Waals surface area contributed by atoms with Crippen LogP contribution in [0.2, 0.25) is 0 Å². The summed E-state index contributed by atoms with van der Waals surface area (Å²) in [5, 5.41) is 10.1. The smallest absolute Gasteiger partial charge is 0.334 e. The second-order valence-electron chi connectivity index (χ2n) is 7.79. The monoisotopic (exact) mass is 415 g/mol. The highest BCUT2D eigenvalue weighted by molar-refractivity contribution is 5.81.